The van der Waals surface area contributed by atoms with Gasteiger partial charge in [-0.05, 0) is 55.7 Å². The maximum absolute atomic E-state index is 7.78. The van der Waals surface area contributed by atoms with Gasteiger partial charge < -0.3 is 10.6 Å². The first-order chi connectivity index (χ1) is 9.60. The fourth-order valence-corrected chi connectivity index (χ4v) is 3.98. The molecule has 108 valence electrons. The number of anilines is 1. The lowest BCUT2D eigenvalue weighted by atomic mass is 9.77. The Balaban J connectivity index is 1.80. The zero-order valence-corrected chi connectivity index (χ0v) is 12.4. The lowest BCUT2D eigenvalue weighted by Crippen LogP contribution is -2.39. The van der Waals surface area contributed by atoms with E-state index in [2.05, 4.69) is 17.9 Å². The fourth-order valence-electron chi connectivity index (χ4n) is 3.98. The molecule has 1 aliphatic heterocycles. The first-order valence-corrected chi connectivity index (χ1v) is 7.80. The predicted molar refractivity (Wildman–Crippen MR) is 84.5 cm³/mol. The summed E-state index contributed by atoms with van der Waals surface area (Å²) in [6, 6.07) is 6.22. The highest BCUT2D eigenvalue weighted by Crippen LogP contribution is 2.46. The molecule has 0 bridgehead atoms. The van der Waals surface area contributed by atoms with Gasteiger partial charge in [0.05, 0.1) is 0 Å². The Morgan fingerprint density at radius 2 is 1.80 bits per heavy atom. The van der Waals surface area contributed by atoms with Crippen LogP contribution in [0.15, 0.2) is 18.2 Å². The number of rotatable bonds is 2. The van der Waals surface area contributed by atoms with Crippen LogP contribution < -0.4 is 10.6 Å². The van der Waals surface area contributed by atoms with Crippen LogP contribution in [0.5, 0.6) is 0 Å². The molecule has 0 unspecified atom stereocenters. The number of nitrogens with one attached hydrogen (secondary N) is 1. The van der Waals surface area contributed by atoms with E-state index in [0.717, 1.165) is 24.3 Å². The third kappa shape index (κ3) is 2.41. The minimum Gasteiger partial charge on any atom is -0.384 e. The normalized spacial score (nSPS) is 21.4. The average molecular weight is 271 g/mol. The number of piperidine rings is 1. The minimum absolute atomic E-state index is 0.182. The van der Waals surface area contributed by atoms with Crippen molar-refractivity contribution in [3.8, 4) is 0 Å². The van der Waals surface area contributed by atoms with Crippen molar-refractivity contribution in [1.82, 2.24) is 0 Å². The number of nitrogen functional groups attached to an aromatic ring is 1. The van der Waals surface area contributed by atoms with Crippen LogP contribution in [-0.4, -0.2) is 18.9 Å². The van der Waals surface area contributed by atoms with Crippen molar-refractivity contribution in [2.75, 3.05) is 18.0 Å². The number of nitrogens with two attached hydrogens (primary N) is 1. The highest BCUT2D eigenvalue weighted by atomic mass is 15.1. The van der Waals surface area contributed by atoms with Crippen LogP contribution in [0.4, 0.5) is 5.69 Å². The highest BCUT2D eigenvalue weighted by molar-refractivity contribution is 6.00. The van der Waals surface area contributed by atoms with Gasteiger partial charge in [0.2, 0.25) is 0 Å². The van der Waals surface area contributed by atoms with E-state index in [4.69, 9.17) is 11.1 Å². The molecule has 20 heavy (non-hydrogen) atoms. The van der Waals surface area contributed by atoms with Gasteiger partial charge in [-0.2, -0.15) is 0 Å². The zero-order chi connectivity index (χ0) is 14.2. The summed E-state index contributed by atoms with van der Waals surface area (Å²) >= 11 is 0. The Labute approximate surface area is 121 Å². The standard InChI is InChI=1S/C17H25N3/c1-13-4-5-14(16(18)19)15(12-13)20-10-8-17(9-11-20)6-2-3-7-17/h4-5,12H,2-3,6-11H2,1H3,(H3,18,19). The molecule has 1 saturated heterocycles. The quantitative estimate of drug-likeness (QED) is 0.639. The van der Waals surface area contributed by atoms with Gasteiger partial charge in [0, 0.05) is 24.3 Å². The van der Waals surface area contributed by atoms with Crippen LogP contribution in [0.3, 0.4) is 0 Å². The topological polar surface area (TPSA) is 53.1 Å². The number of benzene rings is 1. The van der Waals surface area contributed by atoms with Gasteiger partial charge in [-0.3, -0.25) is 5.41 Å². The van der Waals surface area contributed by atoms with Gasteiger partial charge in [0.15, 0.2) is 0 Å². The molecule has 1 spiro atoms. The summed E-state index contributed by atoms with van der Waals surface area (Å²) in [7, 11) is 0. The molecule has 2 fully saturated rings. The smallest absolute Gasteiger partial charge is 0.124 e. The van der Waals surface area contributed by atoms with E-state index in [1.165, 1.54) is 44.1 Å². The molecule has 0 radical (unpaired) electrons. The molecule has 1 saturated carbocycles. The molecule has 0 aromatic heterocycles. The van der Waals surface area contributed by atoms with Gasteiger partial charge in [0.25, 0.3) is 0 Å². The predicted octanol–water partition coefficient (Wildman–Crippen LogP) is 3.44. The van der Waals surface area contributed by atoms with Gasteiger partial charge in [0.1, 0.15) is 5.84 Å². The van der Waals surface area contributed by atoms with E-state index in [1.54, 1.807) is 0 Å². The first kappa shape index (κ1) is 13.5. The summed E-state index contributed by atoms with van der Waals surface area (Å²) in [5.74, 6) is 0.182. The summed E-state index contributed by atoms with van der Waals surface area (Å²) < 4.78 is 0. The molecular formula is C17H25N3. The molecule has 1 aliphatic carbocycles. The molecule has 3 N–H and O–H groups in total. The van der Waals surface area contributed by atoms with E-state index >= 15 is 0 Å². The lowest BCUT2D eigenvalue weighted by Gasteiger charge is -2.41. The summed E-state index contributed by atoms with van der Waals surface area (Å²) in [6.07, 6.45) is 8.30. The summed E-state index contributed by atoms with van der Waals surface area (Å²) in [6.45, 7) is 4.34. The maximum atomic E-state index is 7.78. The molecule has 3 nitrogen and oxygen atoms in total. The highest BCUT2D eigenvalue weighted by Gasteiger charge is 2.37. The Morgan fingerprint density at radius 1 is 1.15 bits per heavy atom. The van der Waals surface area contributed by atoms with Crippen molar-refractivity contribution < 1.29 is 0 Å². The monoisotopic (exact) mass is 271 g/mol. The van der Waals surface area contributed by atoms with Crippen molar-refractivity contribution in [2.24, 2.45) is 11.1 Å². The minimum atomic E-state index is 0.182. The van der Waals surface area contributed by atoms with E-state index in [0.29, 0.717) is 5.41 Å². The van der Waals surface area contributed by atoms with Gasteiger partial charge in [-0.1, -0.05) is 18.9 Å². The molecule has 3 rings (SSSR count). The number of aryl methyl sites for hydroxylation is 1. The van der Waals surface area contributed by atoms with E-state index < -0.39 is 0 Å². The first-order valence-electron chi connectivity index (χ1n) is 7.80. The summed E-state index contributed by atoms with van der Waals surface area (Å²) in [4.78, 5) is 2.44. The fraction of sp³-hybridized carbons (Fsp3) is 0.588. The lowest BCUT2D eigenvalue weighted by molar-refractivity contribution is 0.226. The van der Waals surface area contributed by atoms with Crippen LogP contribution in [0.2, 0.25) is 0 Å². The van der Waals surface area contributed by atoms with Crippen molar-refractivity contribution in [1.29, 1.82) is 5.41 Å². The van der Waals surface area contributed by atoms with Crippen LogP contribution in [-0.2, 0) is 0 Å². The van der Waals surface area contributed by atoms with Crippen molar-refractivity contribution in [2.45, 2.75) is 45.4 Å². The van der Waals surface area contributed by atoms with Gasteiger partial charge in [-0.25, -0.2) is 0 Å². The Bertz CT molecular complexity index is 505. The zero-order valence-electron chi connectivity index (χ0n) is 12.4. The van der Waals surface area contributed by atoms with Crippen LogP contribution in [0, 0.1) is 17.7 Å². The Hall–Kier alpha value is -1.51. The second-order valence-electron chi connectivity index (χ2n) is 6.63. The molecular weight excluding hydrogens is 246 g/mol. The van der Waals surface area contributed by atoms with E-state index in [9.17, 15) is 0 Å². The second kappa shape index (κ2) is 5.12. The largest absolute Gasteiger partial charge is 0.384 e. The second-order valence-corrected chi connectivity index (χ2v) is 6.63. The summed E-state index contributed by atoms with van der Waals surface area (Å²) in [5, 5.41) is 7.78. The van der Waals surface area contributed by atoms with Crippen molar-refractivity contribution >= 4 is 11.5 Å². The molecule has 0 amide bonds. The number of hydrogen-bond acceptors (Lipinski definition) is 2. The maximum Gasteiger partial charge on any atom is 0.124 e. The van der Waals surface area contributed by atoms with Crippen molar-refractivity contribution in [3.05, 3.63) is 29.3 Å². The van der Waals surface area contributed by atoms with Crippen molar-refractivity contribution in [3.63, 3.8) is 0 Å². The molecule has 3 heteroatoms. The Kier molecular flexibility index (Phi) is 3.45. The average Bonchev–Trinajstić information content (AvgIpc) is 2.87. The molecule has 2 aliphatic rings. The number of nitrogens with zero attached hydrogens (tertiary/aromatic N) is 1. The van der Waals surface area contributed by atoms with E-state index in [-0.39, 0.29) is 5.84 Å². The number of hydrogen-bond donors (Lipinski definition) is 2. The molecule has 1 aromatic rings. The van der Waals surface area contributed by atoms with Gasteiger partial charge in [-0.15, -0.1) is 0 Å². The molecule has 1 aromatic carbocycles. The Morgan fingerprint density at radius 3 is 2.40 bits per heavy atom. The summed E-state index contributed by atoms with van der Waals surface area (Å²) in [5.41, 5.74) is 9.67. The number of amidine groups is 1. The molecule has 0 atom stereocenters. The SMILES string of the molecule is Cc1ccc(C(=N)N)c(N2CCC3(CCCC3)CC2)c1. The third-order valence-corrected chi connectivity index (χ3v) is 5.27. The van der Waals surface area contributed by atoms with E-state index in [1.807, 2.05) is 12.1 Å². The van der Waals surface area contributed by atoms with Gasteiger partial charge >= 0.3 is 0 Å². The van der Waals surface area contributed by atoms with Crippen LogP contribution in [0.25, 0.3) is 0 Å². The van der Waals surface area contributed by atoms with Crippen LogP contribution in [0.1, 0.15) is 49.7 Å². The molecule has 1 heterocycles. The third-order valence-electron chi connectivity index (χ3n) is 5.27. The van der Waals surface area contributed by atoms with Crippen LogP contribution >= 0.6 is 0 Å².